The Morgan fingerprint density at radius 1 is 1.25 bits per heavy atom. The van der Waals surface area contributed by atoms with Crippen LogP contribution in [-0.4, -0.2) is 71.5 Å². The van der Waals surface area contributed by atoms with E-state index in [2.05, 4.69) is 34.3 Å². The van der Waals surface area contributed by atoms with Crippen molar-refractivity contribution in [1.82, 2.24) is 25.4 Å². The van der Waals surface area contributed by atoms with Crippen LogP contribution in [0.5, 0.6) is 0 Å². The van der Waals surface area contributed by atoms with Gasteiger partial charge in [-0.2, -0.15) is 5.10 Å². The second-order valence-electron chi connectivity index (χ2n) is 6.26. The Hall–Kier alpha value is -1.96. The number of carbonyl (C=O) groups excluding carboxylic acids is 1. The first-order valence-electron chi connectivity index (χ1n) is 8.71. The molecule has 24 heavy (non-hydrogen) atoms. The fourth-order valence-corrected chi connectivity index (χ4v) is 3.55. The number of fused-ring (bicyclic) bond motifs is 1. The van der Waals surface area contributed by atoms with Crippen molar-refractivity contribution in [2.75, 3.05) is 38.3 Å². The van der Waals surface area contributed by atoms with Crippen molar-refractivity contribution in [3.05, 3.63) is 11.4 Å². The lowest BCUT2D eigenvalue weighted by Crippen LogP contribution is -2.52. The smallest absolute Gasteiger partial charge is 0.318 e. The van der Waals surface area contributed by atoms with Crippen molar-refractivity contribution in [2.24, 2.45) is 0 Å². The molecule has 0 bridgehead atoms. The van der Waals surface area contributed by atoms with Gasteiger partial charge in [-0.1, -0.05) is 13.8 Å². The molecule has 0 saturated carbocycles. The van der Waals surface area contributed by atoms with E-state index in [-0.39, 0.29) is 18.1 Å². The van der Waals surface area contributed by atoms with Crippen molar-refractivity contribution in [2.45, 2.75) is 45.2 Å². The average molecular weight is 334 g/mol. The number of ether oxygens (including phenoxy) is 1. The SMILES string of the molecule is CCc1nnc(N2CC[C@H]3[C@@H](C2)NC(=O)N3CCOC)nc1CC. The molecule has 1 N–H and O–H groups in total. The number of amides is 2. The molecule has 2 aliphatic rings. The number of hydrogen-bond donors (Lipinski definition) is 1. The van der Waals surface area contributed by atoms with Gasteiger partial charge in [0, 0.05) is 26.7 Å². The molecule has 8 heteroatoms. The third-order valence-electron chi connectivity index (χ3n) is 4.86. The van der Waals surface area contributed by atoms with Crippen LogP contribution in [0.1, 0.15) is 31.7 Å². The van der Waals surface area contributed by atoms with E-state index in [0.29, 0.717) is 19.1 Å². The van der Waals surface area contributed by atoms with E-state index < -0.39 is 0 Å². The van der Waals surface area contributed by atoms with Crippen LogP contribution >= 0.6 is 0 Å². The van der Waals surface area contributed by atoms with Crippen molar-refractivity contribution in [1.29, 1.82) is 0 Å². The summed E-state index contributed by atoms with van der Waals surface area (Å²) in [5, 5.41) is 11.7. The van der Waals surface area contributed by atoms with Crippen LogP contribution in [-0.2, 0) is 17.6 Å². The van der Waals surface area contributed by atoms with Crippen LogP contribution in [0.15, 0.2) is 0 Å². The normalized spacial score (nSPS) is 23.4. The standard InChI is InChI=1S/C16H26N6O2/c1-4-11-12(5-2)19-20-15(17-11)21-7-6-14-13(10-21)18-16(23)22(14)8-9-24-3/h13-14H,4-10H2,1-3H3,(H,18,23)/t13-,14+/m1/s1. The number of anilines is 1. The summed E-state index contributed by atoms with van der Waals surface area (Å²) in [4.78, 5) is 20.9. The zero-order chi connectivity index (χ0) is 17.1. The largest absolute Gasteiger partial charge is 0.383 e. The molecule has 8 nitrogen and oxygen atoms in total. The number of urea groups is 1. The molecule has 132 valence electrons. The second-order valence-corrected chi connectivity index (χ2v) is 6.26. The third kappa shape index (κ3) is 3.15. The molecule has 2 saturated heterocycles. The minimum atomic E-state index is -0.00137. The van der Waals surface area contributed by atoms with E-state index in [9.17, 15) is 4.79 Å². The van der Waals surface area contributed by atoms with Crippen LogP contribution in [0.2, 0.25) is 0 Å². The molecule has 0 aliphatic carbocycles. The number of nitrogens with zero attached hydrogens (tertiary/aromatic N) is 5. The molecule has 2 fully saturated rings. The Balaban J connectivity index is 1.71. The number of aromatic nitrogens is 3. The number of carbonyl (C=O) groups is 1. The van der Waals surface area contributed by atoms with E-state index in [1.807, 2.05) is 4.90 Å². The topological polar surface area (TPSA) is 83.5 Å². The molecule has 0 radical (unpaired) electrons. The molecule has 1 aromatic heterocycles. The first kappa shape index (κ1) is 16.9. The second kappa shape index (κ2) is 7.29. The third-order valence-corrected chi connectivity index (χ3v) is 4.86. The first-order valence-corrected chi connectivity index (χ1v) is 8.71. The van der Waals surface area contributed by atoms with Gasteiger partial charge in [-0.15, -0.1) is 5.10 Å². The lowest BCUT2D eigenvalue weighted by molar-refractivity contribution is 0.140. The van der Waals surface area contributed by atoms with Gasteiger partial charge in [0.25, 0.3) is 0 Å². The predicted molar refractivity (Wildman–Crippen MR) is 90.1 cm³/mol. The van der Waals surface area contributed by atoms with Gasteiger partial charge >= 0.3 is 6.03 Å². The number of piperidine rings is 1. The summed E-state index contributed by atoms with van der Waals surface area (Å²) in [6, 6.07) is 0.318. The highest BCUT2D eigenvalue weighted by Gasteiger charge is 2.42. The quantitative estimate of drug-likeness (QED) is 0.821. The van der Waals surface area contributed by atoms with Gasteiger partial charge in [-0.05, 0) is 19.3 Å². The zero-order valence-corrected chi connectivity index (χ0v) is 14.7. The summed E-state index contributed by atoms with van der Waals surface area (Å²) >= 11 is 0. The van der Waals surface area contributed by atoms with Gasteiger partial charge < -0.3 is 19.9 Å². The maximum Gasteiger partial charge on any atom is 0.318 e. The highest BCUT2D eigenvalue weighted by Crippen LogP contribution is 2.25. The summed E-state index contributed by atoms with van der Waals surface area (Å²) in [6.45, 7) is 6.90. The highest BCUT2D eigenvalue weighted by molar-refractivity contribution is 5.78. The maximum absolute atomic E-state index is 12.2. The lowest BCUT2D eigenvalue weighted by atomic mass is 10.0. The van der Waals surface area contributed by atoms with E-state index >= 15 is 0 Å². The molecule has 3 heterocycles. The van der Waals surface area contributed by atoms with Crippen LogP contribution in [0.25, 0.3) is 0 Å². The number of nitrogens with one attached hydrogen (secondary N) is 1. The zero-order valence-electron chi connectivity index (χ0n) is 14.7. The Kier molecular flexibility index (Phi) is 5.13. The van der Waals surface area contributed by atoms with E-state index in [4.69, 9.17) is 9.72 Å². The summed E-state index contributed by atoms with van der Waals surface area (Å²) in [5.41, 5.74) is 1.98. The fourth-order valence-electron chi connectivity index (χ4n) is 3.55. The number of methoxy groups -OCH3 is 1. The lowest BCUT2D eigenvalue weighted by Gasteiger charge is -2.36. The van der Waals surface area contributed by atoms with Gasteiger partial charge in [0.05, 0.1) is 30.1 Å². The van der Waals surface area contributed by atoms with Crippen LogP contribution in [0.4, 0.5) is 10.7 Å². The Bertz CT molecular complexity index is 596. The van der Waals surface area contributed by atoms with Gasteiger partial charge in [0.2, 0.25) is 5.95 Å². The highest BCUT2D eigenvalue weighted by atomic mass is 16.5. The molecule has 3 rings (SSSR count). The summed E-state index contributed by atoms with van der Waals surface area (Å²) in [6.07, 6.45) is 2.60. The van der Waals surface area contributed by atoms with Gasteiger partial charge in [-0.25, -0.2) is 9.78 Å². The van der Waals surface area contributed by atoms with Gasteiger partial charge in [0.1, 0.15) is 0 Å². The van der Waals surface area contributed by atoms with E-state index in [0.717, 1.165) is 43.7 Å². The Morgan fingerprint density at radius 3 is 2.75 bits per heavy atom. The molecule has 2 aliphatic heterocycles. The fraction of sp³-hybridized carbons (Fsp3) is 0.750. The molecular formula is C16H26N6O2. The number of hydrogen-bond acceptors (Lipinski definition) is 6. The van der Waals surface area contributed by atoms with Crippen LogP contribution in [0.3, 0.4) is 0 Å². The monoisotopic (exact) mass is 334 g/mol. The maximum atomic E-state index is 12.2. The summed E-state index contributed by atoms with van der Waals surface area (Å²) < 4.78 is 5.11. The van der Waals surface area contributed by atoms with Crippen molar-refractivity contribution in [3.63, 3.8) is 0 Å². The summed E-state index contributed by atoms with van der Waals surface area (Å²) in [7, 11) is 1.66. The Morgan fingerprint density at radius 2 is 2.04 bits per heavy atom. The minimum Gasteiger partial charge on any atom is -0.383 e. The molecule has 0 unspecified atom stereocenters. The predicted octanol–water partition coefficient (Wildman–Crippen LogP) is 0.615. The molecule has 2 atom stereocenters. The molecular weight excluding hydrogens is 308 g/mol. The van der Waals surface area contributed by atoms with Crippen molar-refractivity contribution in [3.8, 4) is 0 Å². The molecule has 2 amide bonds. The van der Waals surface area contributed by atoms with Gasteiger partial charge in [0.15, 0.2) is 0 Å². The molecule has 0 spiro atoms. The molecule has 0 aromatic carbocycles. The minimum absolute atomic E-state index is 0.00137. The van der Waals surface area contributed by atoms with E-state index in [1.165, 1.54) is 0 Å². The van der Waals surface area contributed by atoms with E-state index in [1.54, 1.807) is 7.11 Å². The first-order chi connectivity index (χ1) is 11.7. The van der Waals surface area contributed by atoms with Gasteiger partial charge in [-0.3, -0.25) is 0 Å². The number of rotatable bonds is 6. The number of aryl methyl sites for hydroxylation is 2. The van der Waals surface area contributed by atoms with Crippen LogP contribution in [0, 0.1) is 0 Å². The summed E-state index contributed by atoms with van der Waals surface area (Å²) in [5.74, 6) is 0.673. The Labute approximate surface area is 142 Å². The van der Waals surface area contributed by atoms with Crippen molar-refractivity contribution >= 4 is 12.0 Å². The van der Waals surface area contributed by atoms with Crippen molar-refractivity contribution < 1.29 is 9.53 Å². The average Bonchev–Trinajstić information content (AvgIpc) is 2.93. The van der Waals surface area contributed by atoms with Crippen LogP contribution < -0.4 is 10.2 Å². The molecule has 1 aromatic rings.